The van der Waals surface area contributed by atoms with Crippen molar-refractivity contribution < 1.29 is 4.74 Å². The van der Waals surface area contributed by atoms with Gasteiger partial charge >= 0.3 is 0 Å². The quantitative estimate of drug-likeness (QED) is 0.802. The van der Waals surface area contributed by atoms with E-state index in [0.29, 0.717) is 5.92 Å². The van der Waals surface area contributed by atoms with Gasteiger partial charge in [-0.1, -0.05) is 13.8 Å². The molecule has 0 aliphatic carbocycles. The van der Waals surface area contributed by atoms with Crippen molar-refractivity contribution >= 4 is 0 Å². The second kappa shape index (κ2) is 5.16. The average molecular weight is 211 g/mol. The van der Waals surface area contributed by atoms with Gasteiger partial charge in [0.25, 0.3) is 0 Å². The van der Waals surface area contributed by atoms with Crippen LogP contribution in [0.2, 0.25) is 0 Å². The van der Waals surface area contributed by atoms with Crippen LogP contribution >= 0.6 is 0 Å². The largest absolute Gasteiger partial charge is 0.481 e. The number of methoxy groups -OCH3 is 1. The van der Waals surface area contributed by atoms with Gasteiger partial charge in [0, 0.05) is 13.6 Å². The molecule has 1 aromatic rings. The first-order valence-electron chi connectivity index (χ1n) is 5.33. The van der Waals surface area contributed by atoms with E-state index in [4.69, 9.17) is 4.74 Å². The molecule has 1 rings (SSSR count). The molecule has 0 unspecified atom stereocenters. The van der Waals surface area contributed by atoms with E-state index in [9.17, 15) is 0 Å². The second-order valence-corrected chi connectivity index (χ2v) is 4.22. The molecule has 1 N–H and O–H groups in total. The summed E-state index contributed by atoms with van der Waals surface area (Å²) in [5, 5.41) is 7.73. The highest BCUT2D eigenvalue weighted by Crippen LogP contribution is 2.20. The van der Waals surface area contributed by atoms with E-state index in [1.54, 1.807) is 11.8 Å². The van der Waals surface area contributed by atoms with Gasteiger partial charge in [-0.2, -0.15) is 5.10 Å². The molecule has 0 saturated carbocycles. The number of hydrogen-bond acceptors (Lipinski definition) is 3. The lowest BCUT2D eigenvalue weighted by Gasteiger charge is -2.08. The van der Waals surface area contributed by atoms with Crippen molar-refractivity contribution in [3.05, 3.63) is 11.3 Å². The van der Waals surface area contributed by atoms with Crippen LogP contribution < -0.4 is 10.1 Å². The third-order valence-corrected chi connectivity index (χ3v) is 2.34. The molecule has 4 heteroatoms. The summed E-state index contributed by atoms with van der Waals surface area (Å²) in [4.78, 5) is 0. The summed E-state index contributed by atoms with van der Waals surface area (Å²) in [6, 6.07) is 0. The summed E-state index contributed by atoms with van der Waals surface area (Å²) in [6.07, 6.45) is 0. The van der Waals surface area contributed by atoms with Gasteiger partial charge in [-0.25, -0.2) is 4.68 Å². The Balaban J connectivity index is 2.67. The van der Waals surface area contributed by atoms with Crippen molar-refractivity contribution in [3.8, 4) is 5.88 Å². The van der Waals surface area contributed by atoms with Gasteiger partial charge < -0.3 is 10.1 Å². The first kappa shape index (κ1) is 12.0. The molecule has 0 radical (unpaired) electrons. The van der Waals surface area contributed by atoms with Crippen molar-refractivity contribution in [1.82, 2.24) is 15.1 Å². The molecule has 1 heterocycles. The Bertz CT molecular complexity index is 318. The summed E-state index contributed by atoms with van der Waals surface area (Å²) in [5.41, 5.74) is 2.19. The van der Waals surface area contributed by atoms with Crippen molar-refractivity contribution in [1.29, 1.82) is 0 Å². The van der Waals surface area contributed by atoms with Gasteiger partial charge in [0.2, 0.25) is 5.88 Å². The summed E-state index contributed by atoms with van der Waals surface area (Å²) >= 11 is 0. The Morgan fingerprint density at radius 3 is 2.67 bits per heavy atom. The molecule has 0 bridgehead atoms. The third-order valence-electron chi connectivity index (χ3n) is 2.34. The van der Waals surface area contributed by atoms with Crippen molar-refractivity contribution in [2.24, 2.45) is 13.0 Å². The summed E-state index contributed by atoms with van der Waals surface area (Å²) in [7, 11) is 3.58. The maximum Gasteiger partial charge on any atom is 0.216 e. The summed E-state index contributed by atoms with van der Waals surface area (Å²) in [6.45, 7) is 8.23. The smallest absolute Gasteiger partial charge is 0.216 e. The maximum absolute atomic E-state index is 5.31. The Hall–Kier alpha value is -1.03. The van der Waals surface area contributed by atoms with Gasteiger partial charge in [0.05, 0.1) is 18.4 Å². The Morgan fingerprint density at radius 2 is 2.13 bits per heavy atom. The first-order valence-corrected chi connectivity index (χ1v) is 5.33. The predicted molar refractivity (Wildman–Crippen MR) is 61.0 cm³/mol. The van der Waals surface area contributed by atoms with E-state index in [-0.39, 0.29) is 0 Å². The van der Waals surface area contributed by atoms with Gasteiger partial charge in [0.15, 0.2) is 0 Å². The van der Waals surface area contributed by atoms with Crippen molar-refractivity contribution in [2.45, 2.75) is 27.3 Å². The maximum atomic E-state index is 5.31. The lowest BCUT2D eigenvalue weighted by molar-refractivity contribution is 0.367. The van der Waals surface area contributed by atoms with E-state index in [2.05, 4.69) is 24.3 Å². The van der Waals surface area contributed by atoms with Gasteiger partial charge in [0.1, 0.15) is 0 Å². The molecular formula is C11H21N3O. The van der Waals surface area contributed by atoms with E-state index < -0.39 is 0 Å². The number of ether oxygens (including phenoxy) is 1. The molecule has 15 heavy (non-hydrogen) atoms. The summed E-state index contributed by atoms with van der Waals surface area (Å²) in [5.74, 6) is 1.51. The molecule has 0 aliphatic heterocycles. The summed E-state index contributed by atoms with van der Waals surface area (Å²) < 4.78 is 7.09. The molecule has 0 spiro atoms. The molecule has 0 saturated heterocycles. The fourth-order valence-electron chi connectivity index (χ4n) is 1.63. The van der Waals surface area contributed by atoms with Crippen LogP contribution in [0, 0.1) is 12.8 Å². The Morgan fingerprint density at radius 1 is 1.47 bits per heavy atom. The fraction of sp³-hybridized carbons (Fsp3) is 0.727. The van der Waals surface area contributed by atoms with E-state index in [1.807, 2.05) is 14.0 Å². The molecule has 0 fully saturated rings. The normalized spacial score (nSPS) is 11.1. The molecular weight excluding hydrogens is 190 g/mol. The number of nitrogens with zero attached hydrogens (tertiary/aromatic N) is 2. The number of aryl methyl sites for hydroxylation is 2. The average Bonchev–Trinajstić information content (AvgIpc) is 2.41. The number of rotatable bonds is 5. The van der Waals surface area contributed by atoms with Crippen molar-refractivity contribution in [3.63, 3.8) is 0 Å². The number of hydrogen-bond donors (Lipinski definition) is 1. The molecule has 86 valence electrons. The fourth-order valence-corrected chi connectivity index (χ4v) is 1.63. The van der Waals surface area contributed by atoms with E-state index >= 15 is 0 Å². The van der Waals surface area contributed by atoms with E-state index in [1.165, 1.54) is 0 Å². The molecule has 0 amide bonds. The zero-order valence-corrected chi connectivity index (χ0v) is 10.3. The van der Waals surface area contributed by atoms with Gasteiger partial charge in [-0.15, -0.1) is 0 Å². The van der Waals surface area contributed by atoms with Crippen molar-refractivity contribution in [2.75, 3.05) is 13.7 Å². The lowest BCUT2D eigenvalue weighted by Crippen LogP contribution is -2.19. The van der Waals surface area contributed by atoms with Crippen LogP contribution in [0.5, 0.6) is 5.88 Å². The number of nitrogens with one attached hydrogen (secondary N) is 1. The molecule has 0 aliphatic rings. The van der Waals surface area contributed by atoms with Crippen LogP contribution in [0.4, 0.5) is 0 Å². The highest BCUT2D eigenvalue weighted by atomic mass is 16.5. The SMILES string of the molecule is COc1c(CNCC(C)C)c(C)nn1C. The topological polar surface area (TPSA) is 39.1 Å². The molecule has 1 aromatic heterocycles. The van der Waals surface area contributed by atoms with Crippen LogP contribution in [-0.2, 0) is 13.6 Å². The van der Waals surface area contributed by atoms with Crippen LogP contribution in [0.1, 0.15) is 25.1 Å². The Labute approximate surface area is 91.6 Å². The molecule has 4 nitrogen and oxygen atoms in total. The highest BCUT2D eigenvalue weighted by molar-refractivity contribution is 5.30. The van der Waals surface area contributed by atoms with Gasteiger partial charge in [-0.3, -0.25) is 0 Å². The monoisotopic (exact) mass is 211 g/mol. The minimum Gasteiger partial charge on any atom is -0.481 e. The van der Waals surface area contributed by atoms with Crippen LogP contribution in [0.15, 0.2) is 0 Å². The second-order valence-electron chi connectivity index (χ2n) is 4.22. The van der Waals surface area contributed by atoms with Crippen LogP contribution in [0.25, 0.3) is 0 Å². The molecule has 0 aromatic carbocycles. The zero-order valence-electron chi connectivity index (χ0n) is 10.3. The van der Waals surface area contributed by atoms with Crippen LogP contribution in [-0.4, -0.2) is 23.4 Å². The standard InChI is InChI=1S/C11H21N3O/c1-8(2)6-12-7-10-9(3)13-14(4)11(10)15-5/h8,12H,6-7H2,1-5H3. The van der Waals surface area contributed by atoms with E-state index in [0.717, 1.165) is 30.2 Å². The zero-order chi connectivity index (χ0) is 11.4. The highest BCUT2D eigenvalue weighted by Gasteiger charge is 2.12. The lowest BCUT2D eigenvalue weighted by atomic mass is 10.2. The minimum atomic E-state index is 0.660. The minimum absolute atomic E-state index is 0.660. The van der Waals surface area contributed by atoms with Gasteiger partial charge in [-0.05, 0) is 19.4 Å². The number of aromatic nitrogens is 2. The molecule has 0 atom stereocenters. The third kappa shape index (κ3) is 2.96. The predicted octanol–water partition coefficient (Wildman–Crippen LogP) is 1.48. The Kier molecular flexibility index (Phi) is 4.15. The first-order chi connectivity index (χ1) is 7.06. The van der Waals surface area contributed by atoms with Crippen LogP contribution in [0.3, 0.4) is 0 Å².